The van der Waals surface area contributed by atoms with Crippen molar-refractivity contribution in [3.8, 4) is 11.1 Å². The van der Waals surface area contributed by atoms with Gasteiger partial charge in [-0.05, 0) is 36.0 Å². The van der Waals surface area contributed by atoms with Crippen molar-refractivity contribution in [2.75, 3.05) is 7.11 Å². The summed E-state index contributed by atoms with van der Waals surface area (Å²) in [7, 11) is 1.31. The summed E-state index contributed by atoms with van der Waals surface area (Å²) in [4.78, 5) is 30.5. The Kier molecular flexibility index (Phi) is 5.38. The molecule has 160 valence electrons. The SMILES string of the molecule is COC(=O)C1=C(C)N=C2CC(C)(C)CC(=O)C2C1c1ccc(-c2ccccc2)c(F)c1. The molecule has 0 amide bonds. The molecule has 0 N–H and O–H groups in total. The standard InChI is InChI=1S/C26H26FNO3/c1-15-22(25(30)31-4)23(24-20(28-15)13-26(2,3)14-21(24)29)17-10-11-18(19(27)12-17)16-8-6-5-7-9-16/h5-12,23-24H,13-14H2,1-4H3. The van der Waals surface area contributed by atoms with E-state index in [0.717, 1.165) is 11.3 Å². The summed E-state index contributed by atoms with van der Waals surface area (Å²) in [5.74, 6) is -2.08. The molecule has 2 aromatic carbocycles. The van der Waals surface area contributed by atoms with Crippen LogP contribution in [0.5, 0.6) is 0 Å². The first-order valence-electron chi connectivity index (χ1n) is 10.5. The van der Waals surface area contributed by atoms with Crippen molar-refractivity contribution in [1.29, 1.82) is 0 Å². The number of nitrogens with zero attached hydrogens (tertiary/aromatic N) is 1. The molecule has 5 heteroatoms. The number of hydrogen-bond acceptors (Lipinski definition) is 4. The minimum absolute atomic E-state index is 0.0291. The number of aliphatic imine (C=N–C) groups is 1. The molecular weight excluding hydrogens is 393 g/mol. The van der Waals surface area contributed by atoms with Gasteiger partial charge in [-0.2, -0.15) is 0 Å². The number of methoxy groups -OCH3 is 1. The molecule has 1 aliphatic heterocycles. The van der Waals surface area contributed by atoms with Crippen LogP contribution in [0.4, 0.5) is 4.39 Å². The monoisotopic (exact) mass is 419 g/mol. The molecule has 1 saturated carbocycles. The Hall–Kier alpha value is -3.08. The fraction of sp³-hybridized carbons (Fsp3) is 0.346. The molecule has 2 unspecified atom stereocenters. The van der Waals surface area contributed by atoms with Gasteiger partial charge in [0.25, 0.3) is 0 Å². The van der Waals surface area contributed by atoms with E-state index in [1.165, 1.54) is 13.2 Å². The zero-order chi connectivity index (χ0) is 22.3. The van der Waals surface area contributed by atoms with Crippen molar-refractivity contribution in [2.45, 2.75) is 39.5 Å². The highest BCUT2D eigenvalue weighted by molar-refractivity contribution is 6.12. The zero-order valence-corrected chi connectivity index (χ0v) is 18.2. The van der Waals surface area contributed by atoms with Gasteiger partial charge in [-0.25, -0.2) is 9.18 Å². The molecule has 31 heavy (non-hydrogen) atoms. The van der Waals surface area contributed by atoms with Crippen LogP contribution in [0.2, 0.25) is 0 Å². The zero-order valence-electron chi connectivity index (χ0n) is 18.2. The maximum absolute atomic E-state index is 15.2. The van der Waals surface area contributed by atoms with Gasteiger partial charge in [0.05, 0.1) is 18.6 Å². The summed E-state index contributed by atoms with van der Waals surface area (Å²) in [5, 5.41) is 0. The molecule has 1 aliphatic carbocycles. The number of ether oxygens (including phenoxy) is 1. The van der Waals surface area contributed by atoms with Crippen LogP contribution in [0.3, 0.4) is 0 Å². The summed E-state index contributed by atoms with van der Waals surface area (Å²) in [6, 6.07) is 14.3. The van der Waals surface area contributed by atoms with E-state index >= 15 is 4.39 Å². The first kappa shape index (κ1) is 21.2. The van der Waals surface area contributed by atoms with Gasteiger partial charge in [-0.1, -0.05) is 56.3 Å². The number of esters is 1. The van der Waals surface area contributed by atoms with E-state index in [9.17, 15) is 9.59 Å². The van der Waals surface area contributed by atoms with Crippen molar-refractivity contribution >= 4 is 17.5 Å². The van der Waals surface area contributed by atoms with Gasteiger partial charge in [0.2, 0.25) is 0 Å². The second-order valence-corrected chi connectivity index (χ2v) is 9.14. The Morgan fingerprint density at radius 1 is 1.10 bits per heavy atom. The van der Waals surface area contributed by atoms with Crippen LogP contribution in [-0.2, 0) is 14.3 Å². The van der Waals surface area contributed by atoms with Crippen LogP contribution >= 0.6 is 0 Å². The fourth-order valence-electron chi connectivity index (χ4n) is 4.91. The second kappa shape index (κ2) is 7.88. The van der Waals surface area contributed by atoms with Crippen LogP contribution in [0.15, 0.2) is 64.8 Å². The van der Waals surface area contributed by atoms with Crippen molar-refractivity contribution in [1.82, 2.24) is 0 Å². The van der Waals surface area contributed by atoms with E-state index in [-0.39, 0.29) is 11.2 Å². The lowest BCUT2D eigenvalue weighted by molar-refractivity contribution is -0.136. The number of benzene rings is 2. The molecule has 0 radical (unpaired) electrons. The van der Waals surface area contributed by atoms with E-state index in [1.807, 2.05) is 50.2 Å². The number of Topliss-reactive ketones (excluding diaryl/α,β-unsaturated/α-hetero) is 1. The summed E-state index contributed by atoms with van der Waals surface area (Å²) >= 11 is 0. The lowest BCUT2D eigenvalue weighted by Gasteiger charge is -2.41. The largest absolute Gasteiger partial charge is 0.466 e. The van der Waals surface area contributed by atoms with Crippen molar-refractivity contribution in [2.24, 2.45) is 16.3 Å². The number of carbonyl (C=O) groups excluding carboxylic acids is 2. The summed E-state index contributed by atoms with van der Waals surface area (Å²) in [5.41, 5.74) is 3.27. The summed E-state index contributed by atoms with van der Waals surface area (Å²) in [6.45, 7) is 5.84. The molecule has 0 saturated heterocycles. The number of hydrogen-bond donors (Lipinski definition) is 0. The minimum Gasteiger partial charge on any atom is -0.466 e. The number of fused-ring (bicyclic) bond motifs is 1. The quantitative estimate of drug-likeness (QED) is 0.619. The number of halogens is 1. The Balaban J connectivity index is 1.85. The number of allylic oxidation sites excluding steroid dienone is 1. The Labute approximate surface area is 181 Å². The maximum atomic E-state index is 15.2. The van der Waals surface area contributed by atoms with E-state index < -0.39 is 23.6 Å². The smallest absolute Gasteiger partial charge is 0.336 e. The lowest BCUT2D eigenvalue weighted by atomic mass is 9.63. The second-order valence-electron chi connectivity index (χ2n) is 9.14. The van der Waals surface area contributed by atoms with Gasteiger partial charge >= 0.3 is 5.97 Å². The fourth-order valence-corrected chi connectivity index (χ4v) is 4.91. The Morgan fingerprint density at radius 3 is 2.45 bits per heavy atom. The third-order valence-electron chi connectivity index (χ3n) is 6.21. The van der Waals surface area contributed by atoms with E-state index in [2.05, 4.69) is 4.99 Å². The summed E-state index contributed by atoms with van der Waals surface area (Å²) in [6.07, 6.45) is 1.06. The highest BCUT2D eigenvalue weighted by atomic mass is 19.1. The number of ketones is 1. The molecule has 1 heterocycles. The maximum Gasteiger partial charge on any atom is 0.336 e. The number of carbonyl (C=O) groups is 2. The first-order chi connectivity index (χ1) is 14.7. The molecule has 2 aliphatic rings. The third-order valence-corrected chi connectivity index (χ3v) is 6.21. The van der Waals surface area contributed by atoms with Crippen LogP contribution in [0.25, 0.3) is 11.1 Å². The highest BCUT2D eigenvalue weighted by Crippen LogP contribution is 2.47. The molecule has 2 aromatic rings. The molecular formula is C26H26FNO3. The van der Waals surface area contributed by atoms with Gasteiger partial charge in [0, 0.05) is 29.3 Å². The molecule has 0 aromatic heterocycles. The molecule has 2 atom stereocenters. The average molecular weight is 419 g/mol. The molecule has 4 rings (SSSR count). The van der Waals surface area contributed by atoms with Crippen LogP contribution in [0.1, 0.15) is 45.1 Å². The predicted octanol–water partition coefficient (Wildman–Crippen LogP) is 5.48. The van der Waals surface area contributed by atoms with Gasteiger partial charge in [-0.3, -0.25) is 9.79 Å². The van der Waals surface area contributed by atoms with Crippen LogP contribution in [0, 0.1) is 17.2 Å². The average Bonchev–Trinajstić information content (AvgIpc) is 2.71. The van der Waals surface area contributed by atoms with Crippen molar-refractivity contribution in [3.63, 3.8) is 0 Å². The van der Waals surface area contributed by atoms with Gasteiger partial charge < -0.3 is 4.74 Å². The Bertz CT molecular complexity index is 1110. The summed E-state index contributed by atoms with van der Waals surface area (Å²) < 4.78 is 20.2. The van der Waals surface area contributed by atoms with Gasteiger partial charge in [0.15, 0.2) is 0 Å². The highest BCUT2D eigenvalue weighted by Gasteiger charge is 2.47. The Morgan fingerprint density at radius 2 is 1.81 bits per heavy atom. The van der Waals surface area contributed by atoms with E-state index in [1.54, 1.807) is 13.0 Å². The lowest BCUT2D eigenvalue weighted by Crippen LogP contribution is -2.44. The van der Waals surface area contributed by atoms with Gasteiger partial charge in [0.1, 0.15) is 11.6 Å². The van der Waals surface area contributed by atoms with E-state index in [4.69, 9.17) is 4.74 Å². The molecule has 0 bridgehead atoms. The number of rotatable bonds is 3. The topological polar surface area (TPSA) is 55.7 Å². The normalized spacial score (nSPS) is 22.6. The van der Waals surface area contributed by atoms with Crippen LogP contribution in [-0.4, -0.2) is 24.6 Å². The molecule has 4 nitrogen and oxygen atoms in total. The van der Waals surface area contributed by atoms with Crippen molar-refractivity contribution in [3.05, 3.63) is 71.2 Å². The minimum atomic E-state index is -0.608. The van der Waals surface area contributed by atoms with Crippen LogP contribution < -0.4 is 0 Å². The predicted molar refractivity (Wildman–Crippen MR) is 118 cm³/mol. The molecule has 0 spiro atoms. The van der Waals surface area contributed by atoms with Crippen molar-refractivity contribution < 1.29 is 18.7 Å². The van der Waals surface area contributed by atoms with E-state index in [0.29, 0.717) is 35.2 Å². The first-order valence-corrected chi connectivity index (χ1v) is 10.5. The van der Waals surface area contributed by atoms with Gasteiger partial charge in [-0.15, -0.1) is 0 Å². The third kappa shape index (κ3) is 3.85. The molecule has 1 fully saturated rings.